The van der Waals surface area contributed by atoms with E-state index < -0.39 is 11.9 Å². The van der Waals surface area contributed by atoms with Crippen LogP contribution < -0.4 is 44.1 Å². The first-order valence-electron chi connectivity index (χ1n) is 9.99. The summed E-state index contributed by atoms with van der Waals surface area (Å²) in [5, 5.41) is 11.6. The molecule has 2 aromatic rings. The zero-order valence-electron chi connectivity index (χ0n) is 17.0. The third-order valence-electron chi connectivity index (χ3n) is 5.51. The molecular formula is C23H22ClNaO5. The van der Waals surface area contributed by atoms with Gasteiger partial charge in [0.15, 0.2) is 5.78 Å². The van der Waals surface area contributed by atoms with Crippen LogP contribution >= 0.6 is 11.6 Å². The molecule has 0 N–H and O–H groups in total. The number of benzene rings is 2. The van der Waals surface area contributed by atoms with Gasteiger partial charge in [0, 0.05) is 35.5 Å². The summed E-state index contributed by atoms with van der Waals surface area (Å²) < 4.78 is 11.4. The maximum absolute atomic E-state index is 12.3. The van der Waals surface area contributed by atoms with Crippen LogP contribution in [0.5, 0.6) is 17.2 Å². The van der Waals surface area contributed by atoms with Gasteiger partial charge >= 0.3 is 29.6 Å². The summed E-state index contributed by atoms with van der Waals surface area (Å²) in [5.41, 5.74) is 1.17. The molecule has 0 bridgehead atoms. The van der Waals surface area contributed by atoms with Crippen molar-refractivity contribution in [2.75, 3.05) is 6.61 Å². The van der Waals surface area contributed by atoms with E-state index in [2.05, 4.69) is 0 Å². The molecule has 0 aromatic heterocycles. The van der Waals surface area contributed by atoms with Gasteiger partial charge in [-0.05, 0) is 49.1 Å². The van der Waals surface area contributed by atoms with Gasteiger partial charge in [0.2, 0.25) is 0 Å². The van der Waals surface area contributed by atoms with Crippen LogP contribution in [0.15, 0.2) is 36.4 Å². The Morgan fingerprint density at radius 1 is 1.13 bits per heavy atom. The normalized spacial score (nSPS) is 17.3. The number of carboxylic acids is 1. The summed E-state index contributed by atoms with van der Waals surface area (Å²) in [6.07, 6.45) is 5.63. The predicted molar refractivity (Wildman–Crippen MR) is 107 cm³/mol. The van der Waals surface area contributed by atoms with Crippen LogP contribution in [-0.4, -0.2) is 18.4 Å². The van der Waals surface area contributed by atoms with Gasteiger partial charge < -0.3 is 19.4 Å². The van der Waals surface area contributed by atoms with Crippen molar-refractivity contribution in [2.45, 2.75) is 44.4 Å². The van der Waals surface area contributed by atoms with Gasteiger partial charge in [-0.1, -0.05) is 30.9 Å². The Morgan fingerprint density at radius 3 is 2.53 bits per heavy atom. The monoisotopic (exact) mass is 436 g/mol. The summed E-state index contributed by atoms with van der Waals surface area (Å²) >= 11 is 6.30. The van der Waals surface area contributed by atoms with Crippen LogP contribution in [-0.2, 0) is 4.79 Å². The number of carbonyl (C=O) groups excluding carboxylic acids is 2. The summed E-state index contributed by atoms with van der Waals surface area (Å²) in [5.74, 6) is 0.442. The molecule has 2 aromatic carbocycles. The minimum atomic E-state index is -1.14. The van der Waals surface area contributed by atoms with Gasteiger partial charge in [-0.2, -0.15) is 0 Å². The number of carboxylic acid groups (broad SMARTS) is 1. The van der Waals surface area contributed by atoms with Crippen molar-refractivity contribution in [1.82, 2.24) is 0 Å². The van der Waals surface area contributed by atoms with Crippen molar-refractivity contribution in [2.24, 2.45) is 5.92 Å². The molecule has 30 heavy (non-hydrogen) atoms. The summed E-state index contributed by atoms with van der Waals surface area (Å²) in [6.45, 7) is 0.296. The number of ether oxygens (including phenoxy) is 2. The third-order valence-corrected chi connectivity index (χ3v) is 5.80. The predicted octanol–water partition coefficient (Wildman–Crippen LogP) is 1.52. The van der Waals surface area contributed by atoms with Crippen molar-refractivity contribution in [1.29, 1.82) is 0 Å². The molecule has 1 fully saturated rings. The van der Waals surface area contributed by atoms with Gasteiger partial charge in [-0.15, -0.1) is 0 Å². The van der Waals surface area contributed by atoms with Gasteiger partial charge in [-0.25, -0.2) is 0 Å². The molecule has 1 heterocycles. The van der Waals surface area contributed by atoms with E-state index in [1.807, 2.05) is 0 Å². The number of rotatable bonds is 8. The molecule has 7 heteroatoms. The van der Waals surface area contributed by atoms with Gasteiger partial charge in [0.05, 0.1) is 11.6 Å². The molecule has 1 saturated carbocycles. The first-order valence-corrected chi connectivity index (χ1v) is 10.4. The Bertz CT molecular complexity index is 924. The number of carbonyl (C=O) groups is 2. The van der Waals surface area contributed by atoms with Gasteiger partial charge in [-0.3, -0.25) is 4.79 Å². The molecule has 0 saturated heterocycles. The molecule has 1 unspecified atom stereocenters. The molecule has 1 atom stereocenters. The molecule has 0 amide bonds. The molecule has 4 rings (SSSR count). The zero-order valence-corrected chi connectivity index (χ0v) is 19.7. The van der Waals surface area contributed by atoms with E-state index in [0.717, 1.165) is 18.8 Å². The Hall–Kier alpha value is -1.53. The topological polar surface area (TPSA) is 75.7 Å². The molecule has 0 radical (unpaired) electrons. The van der Waals surface area contributed by atoms with E-state index in [-0.39, 0.29) is 35.3 Å². The van der Waals surface area contributed by atoms with E-state index >= 15 is 0 Å². The van der Waals surface area contributed by atoms with E-state index in [0.29, 0.717) is 52.8 Å². The van der Waals surface area contributed by atoms with Crippen molar-refractivity contribution >= 4 is 23.4 Å². The molecule has 0 spiro atoms. The number of hydrogen-bond donors (Lipinski definition) is 0. The largest absolute Gasteiger partial charge is 1.00 e. The van der Waals surface area contributed by atoms with Crippen LogP contribution in [0, 0.1) is 5.92 Å². The average Bonchev–Trinajstić information content (AvgIpc) is 3.53. The van der Waals surface area contributed by atoms with E-state index in [4.69, 9.17) is 21.1 Å². The number of aliphatic carboxylic acids is 1. The van der Waals surface area contributed by atoms with Gasteiger partial charge in [0.25, 0.3) is 0 Å². The minimum absolute atomic E-state index is 0. The maximum atomic E-state index is 12.3. The van der Waals surface area contributed by atoms with Crippen molar-refractivity contribution < 1.29 is 53.7 Å². The third kappa shape index (κ3) is 5.58. The quantitative estimate of drug-likeness (QED) is 0.463. The van der Waals surface area contributed by atoms with Crippen molar-refractivity contribution in [3.63, 3.8) is 0 Å². The smallest absolute Gasteiger partial charge is 0.549 e. The van der Waals surface area contributed by atoms with Crippen molar-refractivity contribution in [3.8, 4) is 17.2 Å². The van der Waals surface area contributed by atoms with Crippen molar-refractivity contribution in [3.05, 3.63) is 52.5 Å². The fraction of sp³-hybridized carbons (Fsp3) is 0.391. The maximum Gasteiger partial charge on any atom is 1.00 e. The number of Topliss-reactive ketones (excluding diaryl/α,β-unsaturated/α-hetero) is 1. The second-order valence-corrected chi connectivity index (χ2v) is 8.12. The molecule has 1 aliphatic heterocycles. The second-order valence-electron chi connectivity index (χ2n) is 7.71. The van der Waals surface area contributed by atoms with Crippen LogP contribution in [0.25, 0.3) is 0 Å². The Kier molecular flexibility index (Phi) is 7.86. The SMILES string of the molecule is O=C(CCCC1CC1)c1ccc(Oc2cc3c(cc2Cl)C(C(=O)[O-])CCO3)cc1.[Na+]. The Balaban J connectivity index is 0.00000256. The van der Waals surface area contributed by atoms with E-state index in [1.165, 1.54) is 12.8 Å². The molecule has 5 nitrogen and oxygen atoms in total. The van der Waals surface area contributed by atoms with Crippen LogP contribution in [0.2, 0.25) is 5.02 Å². The summed E-state index contributed by atoms with van der Waals surface area (Å²) in [6, 6.07) is 10.1. The standard InChI is InChI=1S/C23H23ClO5.Na/c24-19-12-18-17(23(26)27)10-11-28-21(18)13-22(19)29-16-8-6-15(7-9-16)20(25)3-1-2-14-4-5-14;/h6-9,12-14,17H,1-5,10-11H2,(H,26,27);/q;+1/p-1. The van der Waals surface area contributed by atoms with Gasteiger partial charge in [0.1, 0.15) is 17.2 Å². The average molecular weight is 437 g/mol. The molecule has 1 aliphatic carbocycles. The summed E-state index contributed by atoms with van der Waals surface area (Å²) in [4.78, 5) is 23.6. The minimum Gasteiger partial charge on any atom is -0.549 e. The van der Waals surface area contributed by atoms with Crippen LogP contribution in [0.4, 0.5) is 0 Å². The number of halogens is 1. The molecular weight excluding hydrogens is 415 g/mol. The first kappa shape index (κ1) is 23.1. The Labute approximate surface area is 203 Å². The Morgan fingerprint density at radius 2 is 1.87 bits per heavy atom. The second kappa shape index (κ2) is 10.2. The first-order chi connectivity index (χ1) is 14.0. The number of hydrogen-bond acceptors (Lipinski definition) is 5. The van der Waals surface area contributed by atoms with Crippen LogP contribution in [0.3, 0.4) is 0 Å². The zero-order chi connectivity index (χ0) is 20.4. The fourth-order valence-corrected chi connectivity index (χ4v) is 3.86. The number of ketones is 1. The summed E-state index contributed by atoms with van der Waals surface area (Å²) in [7, 11) is 0. The van der Waals surface area contributed by atoms with E-state index in [9.17, 15) is 14.7 Å². The molecule has 2 aliphatic rings. The fourth-order valence-electron chi connectivity index (χ4n) is 3.65. The van der Waals surface area contributed by atoms with Crippen LogP contribution in [0.1, 0.15) is 60.4 Å². The van der Waals surface area contributed by atoms with E-state index in [1.54, 1.807) is 36.4 Å². The number of fused-ring (bicyclic) bond motifs is 1. The molecule has 152 valence electrons.